The molecule has 0 aromatic carbocycles. The van der Waals surface area contributed by atoms with E-state index in [1.54, 1.807) is 57.4 Å². The smallest absolute Gasteiger partial charge is 0.164 e. The molecule has 0 saturated carbocycles. The molecule has 0 aliphatic carbocycles. The van der Waals surface area contributed by atoms with Crippen molar-refractivity contribution >= 4 is 102 Å². The third-order valence-electron chi connectivity index (χ3n) is 15.7. The Morgan fingerprint density at radius 3 is 1.14 bits per heavy atom. The van der Waals surface area contributed by atoms with E-state index in [1.165, 1.54) is 0 Å². The van der Waals surface area contributed by atoms with Crippen LogP contribution in [0.25, 0.3) is 0 Å². The van der Waals surface area contributed by atoms with Crippen molar-refractivity contribution in [3.63, 3.8) is 0 Å². The molecule has 16 atom stereocenters. The summed E-state index contributed by atoms with van der Waals surface area (Å²) in [5.41, 5.74) is 25.5. The number of nitrogens with two attached hydrogens (primary N) is 4. The summed E-state index contributed by atoms with van der Waals surface area (Å²) in [5.74, 6) is 7.55. The van der Waals surface area contributed by atoms with Gasteiger partial charge in [0.05, 0.1) is 39.0 Å². The van der Waals surface area contributed by atoms with Crippen LogP contribution in [0.5, 0.6) is 0 Å². The molecule has 30 heteroatoms. The van der Waals surface area contributed by atoms with E-state index < -0.39 is 126 Å². The lowest BCUT2D eigenvalue weighted by Gasteiger charge is -2.32. The molecule has 4 saturated heterocycles. The first kappa shape index (κ1) is 79.0. The Bertz CT molecular complexity index is 3170. The first-order chi connectivity index (χ1) is 42.5. The number of halogens is 2. The second-order valence-corrected chi connectivity index (χ2v) is 45.4. The third kappa shape index (κ3) is 21.6. The average Bonchev–Trinajstić information content (AvgIpc) is 1.64. The minimum Gasteiger partial charge on any atom is -0.398 e. The Hall–Kier alpha value is -3.73. The monoisotopic (exact) mass is 1490 g/mol. The zero-order valence-electron chi connectivity index (χ0n) is 54.5. The van der Waals surface area contributed by atoms with Gasteiger partial charge in [-0.15, -0.1) is 58.7 Å². The van der Waals surface area contributed by atoms with Gasteiger partial charge < -0.3 is 107 Å². The summed E-state index contributed by atoms with van der Waals surface area (Å²) >= 11 is 6.65. The summed E-state index contributed by atoms with van der Waals surface area (Å²) in [6.45, 7) is 29.2. The van der Waals surface area contributed by atoms with Crippen LogP contribution in [0.2, 0.25) is 0 Å². The molecular weight excluding hydrogens is 1390 g/mol. The van der Waals surface area contributed by atoms with Gasteiger partial charge in [0, 0.05) is 54.8 Å². The lowest BCUT2D eigenvalue weighted by Crippen LogP contribution is -2.42. The van der Waals surface area contributed by atoms with Crippen LogP contribution in [0.15, 0.2) is 121 Å². The largest absolute Gasteiger partial charge is 0.398 e. The molecule has 17 N–H and O–H groups in total. The van der Waals surface area contributed by atoms with Gasteiger partial charge in [0.2, 0.25) is 0 Å². The van der Waals surface area contributed by atoms with E-state index in [4.69, 9.17) is 47.0 Å². The Balaban J connectivity index is 0.000000223. The Morgan fingerprint density at radius 1 is 0.478 bits per heavy atom. The van der Waals surface area contributed by atoms with Crippen LogP contribution < -0.4 is 22.9 Å². The van der Waals surface area contributed by atoms with E-state index in [0.29, 0.717) is 92.7 Å². The molecule has 0 aromatic rings. The van der Waals surface area contributed by atoms with Crippen LogP contribution in [0.3, 0.4) is 0 Å². The quantitative estimate of drug-likeness (QED) is 0.0693. The fourth-order valence-corrected chi connectivity index (χ4v) is 14.8. The number of hydrogen-bond donors (Lipinski definition) is 13. The van der Waals surface area contributed by atoms with E-state index in [2.05, 4.69) is 164 Å². The molecule has 8 rings (SSSR count). The highest BCUT2D eigenvalue weighted by Crippen LogP contribution is 2.43. The van der Waals surface area contributed by atoms with E-state index in [1.807, 2.05) is 0 Å². The van der Waals surface area contributed by atoms with E-state index in [0.717, 1.165) is 24.6 Å². The number of aliphatic imine (C=N–C) groups is 3. The van der Waals surface area contributed by atoms with Crippen LogP contribution in [0.4, 0.5) is 0 Å². The van der Waals surface area contributed by atoms with Crippen LogP contribution >= 0.6 is 59.4 Å². The number of aliphatic hydroxyl groups excluding tert-OH is 9. The zero-order chi connectivity index (χ0) is 69.4. The maximum Gasteiger partial charge on any atom is 0.164 e. The fraction of sp³-hybridized carbons (Fsp3) is 0.565. The van der Waals surface area contributed by atoms with E-state index in [9.17, 15) is 40.9 Å². The molecule has 0 aromatic heterocycles. The molecule has 0 radical (unpaired) electrons. The molecule has 4 unspecified atom stereocenters. The number of nitrogens with zero attached hydrogens (tertiary/aromatic N) is 7. The van der Waals surface area contributed by atoms with Gasteiger partial charge in [-0.1, -0.05) is 32.2 Å². The van der Waals surface area contributed by atoms with Crippen molar-refractivity contribution in [2.75, 3.05) is 84.6 Å². The van der Waals surface area contributed by atoms with Crippen molar-refractivity contribution in [2.45, 2.75) is 137 Å². The van der Waals surface area contributed by atoms with Gasteiger partial charge in [0.15, 0.2) is 24.9 Å². The Kier molecular flexibility index (Phi) is 28.3. The van der Waals surface area contributed by atoms with Crippen LogP contribution in [0.1, 0.15) is 39.0 Å². The van der Waals surface area contributed by atoms with Gasteiger partial charge in [0.1, 0.15) is 83.8 Å². The summed E-state index contributed by atoms with van der Waals surface area (Å²) in [4.78, 5) is 18.8. The molecule has 4 fully saturated rings. The topological polar surface area (TPSA) is 373 Å². The minimum atomic E-state index is -1.24. The van der Waals surface area contributed by atoms with E-state index >= 15 is 0 Å². The van der Waals surface area contributed by atoms with Gasteiger partial charge in [-0.2, -0.15) is 0 Å². The van der Waals surface area contributed by atoms with Crippen LogP contribution in [-0.4, -0.2) is 291 Å². The Morgan fingerprint density at radius 2 is 0.793 bits per heavy atom. The lowest BCUT2D eigenvalue weighted by atomic mass is 10.1. The fourth-order valence-electron chi connectivity index (χ4n) is 10.4. The van der Waals surface area contributed by atoms with Crippen molar-refractivity contribution in [3.8, 4) is 11.8 Å². The SMILES string of the molecule is C=C1C=C(N)C(Br)=CN1C1O[C@H](CCP(=C)(C)C)[C@@H](O)[C@H]1O.C=C1N=C(N)C(Br)=CN1C1O[C@H](CCP(=C)(C)C)[C@@H](O)[C@H]1O.C=C1N=C(N)C(C#CC)=CN1C1O[C@H](CCP(=C)(C)C)[C@@H](O)[C@H]1O.C=C1N=C(N)C(CCO)=CN1C1O[C@H](CCP(=C)(C)C)[C@@H](O)[C@H]1O. The van der Waals surface area contributed by atoms with Crippen LogP contribution in [0, 0.1) is 11.8 Å². The van der Waals surface area contributed by atoms with Gasteiger partial charge in [-0.25, -0.2) is 15.0 Å². The average molecular weight is 1490 g/mol. The van der Waals surface area contributed by atoms with Crippen molar-refractivity contribution in [2.24, 2.45) is 37.9 Å². The second kappa shape index (κ2) is 33.0. The van der Waals surface area contributed by atoms with Crippen molar-refractivity contribution in [1.82, 2.24) is 19.6 Å². The van der Waals surface area contributed by atoms with Gasteiger partial charge >= 0.3 is 0 Å². The normalized spacial score (nSPS) is 31.9. The second-order valence-electron chi connectivity index (χ2n) is 26.4. The molecular formula is C62H101Br2N11O13P4. The maximum absolute atomic E-state index is 10.4. The molecule has 24 nitrogen and oxygen atoms in total. The molecule has 8 aliphatic heterocycles. The molecule has 0 spiro atoms. The van der Waals surface area contributed by atoms with Crippen LogP contribution in [-0.2, 0) is 18.9 Å². The highest BCUT2D eigenvalue weighted by Gasteiger charge is 2.50. The standard InChI is InChI=1S/C17H26N3O3P.C16H28N3O4P.C15H24BrN2O3P.C14H23BrN3O3P/c1-6-7-12-10-20(11(2)19-16(12)18)17-15(22)14(21)13(23-17)8-9-24(3,4)5;1-10-18-15(17)11(5-7-20)9-19(10)16-14(22)13(21)12(23-16)6-8-24(2,3)4;1-9-7-11(17)10(16)8-18(9)15-14(20)13(19)12(21-15)5-6-22(2,3)4;1-8-17-13(16)9(15)7-18(8)14-12(20)11(19)10(21-14)5-6-22(2,3)4/h10,13-15,17,21-22H,2-3,8-9H2,1,4-5H3,(H2,18,19);9,12-14,16,20-22H,1-2,5-8H2,3-4H3,(H2,17,18);7-8,12-15,19-20H,1-2,5-6,17H2,3-4H3;7,10-12,14,19-20H,1-2,5-6H2,3-4H3,(H2,16,17)/t13-,14-,15-,17?;12-,13-,14-,16?;12-,13-,14-,15?;10-,11-,12-,14?/m1111/s1. The highest BCUT2D eigenvalue weighted by molar-refractivity contribution is 9.12. The number of allylic oxidation sites excluding steroid dienone is 2. The molecule has 92 heavy (non-hydrogen) atoms. The summed E-state index contributed by atoms with van der Waals surface area (Å²) in [6, 6.07) is 0. The number of aliphatic hydroxyl groups is 9. The van der Waals surface area contributed by atoms with Crippen molar-refractivity contribution in [1.29, 1.82) is 0 Å². The summed E-state index contributed by atoms with van der Waals surface area (Å²) in [7, 11) is 0. The summed E-state index contributed by atoms with van der Waals surface area (Å²) in [5, 5.41) is 91.6. The molecule has 0 amide bonds. The summed E-state index contributed by atoms with van der Waals surface area (Å²) in [6.07, 6.45) is 18.9. The van der Waals surface area contributed by atoms with Gasteiger partial charge in [0.25, 0.3) is 0 Å². The number of rotatable bonds is 18. The predicted molar refractivity (Wildman–Crippen MR) is 391 cm³/mol. The molecule has 8 aliphatic rings. The first-order valence-corrected chi connectivity index (χ1v) is 43.6. The van der Waals surface area contributed by atoms with Gasteiger partial charge in [-0.05, 0) is 149 Å². The molecule has 8 heterocycles. The molecule has 516 valence electrons. The highest BCUT2D eigenvalue weighted by atomic mass is 79.9. The summed E-state index contributed by atoms with van der Waals surface area (Å²) < 4.78 is 24.8. The Labute approximate surface area is 561 Å². The van der Waals surface area contributed by atoms with E-state index in [-0.39, 0.29) is 12.4 Å². The molecule has 0 bridgehead atoms. The number of amidine groups is 3. The zero-order valence-corrected chi connectivity index (χ0v) is 61.2. The van der Waals surface area contributed by atoms with Gasteiger partial charge in [-0.3, -0.25) is 0 Å². The third-order valence-corrected chi connectivity index (χ3v) is 22.8. The lowest BCUT2D eigenvalue weighted by molar-refractivity contribution is -0.0581. The first-order valence-electron chi connectivity index (χ1n) is 29.8. The maximum atomic E-state index is 10.4. The minimum absolute atomic E-state index is 0.0655. The number of hydrogen-bond acceptors (Lipinski definition) is 24. The predicted octanol–water partition coefficient (Wildman–Crippen LogP) is 2.88. The van der Waals surface area contributed by atoms with Crippen molar-refractivity contribution < 1.29 is 64.9 Å². The number of ether oxygens (including phenoxy) is 4. The van der Waals surface area contributed by atoms with Crippen molar-refractivity contribution in [3.05, 3.63) is 106 Å².